The summed E-state index contributed by atoms with van der Waals surface area (Å²) in [5.74, 6) is 0.671. The van der Waals surface area contributed by atoms with Crippen molar-refractivity contribution in [3.8, 4) is 5.75 Å². The summed E-state index contributed by atoms with van der Waals surface area (Å²) in [5, 5.41) is 10.2. The highest BCUT2D eigenvalue weighted by Crippen LogP contribution is 2.36. The van der Waals surface area contributed by atoms with Crippen LogP contribution in [0.15, 0.2) is 54.6 Å². The lowest BCUT2D eigenvalue weighted by Gasteiger charge is -2.46. The Bertz CT molecular complexity index is 721. The molecule has 2 aromatic rings. The second-order valence-corrected chi connectivity index (χ2v) is 7.23. The molecule has 0 radical (unpaired) electrons. The van der Waals surface area contributed by atoms with E-state index in [1.165, 1.54) is 0 Å². The Balaban J connectivity index is 1.45. The zero-order chi connectivity index (χ0) is 18.1. The van der Waals surface area contributed by atoms with Crippen LogP contribution in [-0.4, -0.2) is 41.6 Å². The molecule has 2 aromatic carbocycles. The zero-order valence-electron chi connectivity index (χ0n) is 14.4. The summed E-state index contributed by atoms with van der Waals surface area (Å²) in [6.07, 6.45) is -2.97. The highest BCUT2D eigenvalue weighted by molar-refractivity contribution is 7.81. The van der Waals surface area contributed by atoms with Gasteiger partial charge >= 0.3 is 0 Å². The maximum Gasteiger partial charge on any atom is 0.214 e. The third-order valence-corrected chi connectivity index (χ3v) is 5.23. The van der Waals surface area contributed by atoms with Gasteiger partial charge in [0.25, 0.3) is 0 Å². The molecule has 5 nitrogen and oxygen atoms in total. The quantitative estimate of drug-likeness (QED) is 0.809. The Morgan fingerprint density at radius 1 is 1.04 bits per heavy atom. The van der Waals surface area contributed by atoms with Crippen LogP contribution in [0.3, 0.4) is 0 Å². The van der Waals surface area contributed by atoms with Gasteiger partial charge in [0.2, 0.25) is 6.29 Å². The van der Waals surface area contributed by atoms with Gasteiger partial charge < -0.3 is 24.1 Å². The molecule has 0 amide bonds. The molecule has 26 heavy (non-hydrogen) atoms. The first-order valence-electron chi connectivity index (χ1n) is 8.69. The first-order valence-corrected chi connectivity index (χ1v) is 9.20. The molecular formula is C20H22O5S. The second-order valence-electron chi connectivity index (χ2n) is 6.63. The van der Waals surface area contributed by atoms with Crippen molar-refractivity contribution in [3.05, 3.63) is 65.7 Å². The highest BCUT2D eigenvalue weighted by Gasteiger charge is 2.49. The van der Waals surface area contributed by atoms with Crippen LogP contribution in [0.1, 0.15) is 17.4 Å². The van der Waals surface area contributed by atoms with Crippen LogP contribution in [-0.2, 0) is 14.2 Å². The Morgan fingerprint density at radius 2 is 1.77 bits per heavy atom. The first kappa shape index (κ1) is 17.8. The molecule has 2 aliphatic heterocycles. The van der Waals surface area contributed by atoms with E-state index in [0.29, 0.717) is 12.4 Å². The Kier molecular flexibility index (Phi) is 5.20. The summed E-state index contributed by atoms with van der Waals surface area (Å²) < 4.78 is 23.6. The van der Waals surface area contributed by atoms with Crippen molar-refractivity contribution >= 4 is 12.6 Å². The van der Waals surface area contributed by atoms with Gasteiger partial charge in [-0.05, 0) is 19.1 Å². The number of fused-ring (bicyclic) bond motifs is 1. The van der Waals surface area contributed by atoms with Crippen LogP contribution < -0.4 is 4.74 Å². The van der Waals surface area contributed by atoms with Crippen molar-refractivity contribution in [1.82, 2.24) is 0 Å². The standard InChI is InChI=1S/C20H22O5S/c1-12-7-9-14(10-8-12)23-20-18(26)16(21)17-15(24-20)11-22-19(25-17)13-5-3-2-4-6-13/h2-10,15-21,26H,11H2,1H3/t15-,16+,17+,18-,19?,20?/m1/s1. The third kappa shape index (κ3) is 3.61. The van der Waals surface area contributed by atoms with E-state index in [1.54, 1.807) is 0 Å². The van der Waals surface area contributed by atoms with Gasteiger partial charge in [0.15, 0.2) is 6.29 Å². The van der Waals surface area contributed by atoms with Crippen molar-refractivity contribution < 1.29 is 24.1 Å². The molecule has 2 saturated heterocycles. The smallest absolute Gasteiger partial charge is 0.214 e. The van der Waals surface area contributed by atoms with Crippen LogP contribution in [0.25, 0.3) is 0 Å². The number of benzene rings is 2. The van der Waals surface area contributed by atoms with Crippen molar-refractivity contribution in [3.63, 3.8) is 0 Å². The minimum atomic E-state index is -0.831. The van der Waals surface area contributed by atoms with E-state index in [9.17, 15) is 5.11 Å². The second kappa shape index (κ2) is 7.58. The first-order chi connectivity index (χ1) is 12.6. The Morgan fingerprint density at radius 3 is 2.50 bits per heavy atom. The maximum atomic E-state index is 10.7. The van der Waals surface area contributed by atoms with Crippen LogP contribution in [0.2, 0.25) is 0 Å². The van der Waals surface area contributed by atoms with E-state index in [2.05, 4.69) is 12.6 Å². The summed E-state index contributed by atoms with van der Waals surface area (Å²) in [4.78, 5) is 0. The predicted octanol–water partition coefficient (Wildman–Crippen LogP) is 2.87. The number of ether oxygens (including phenoxy) is 4. The lowest BCUT2D eigenvalue weighted by Crippen LogP contribution is -2.61. The van der Waals surface area contributed by atoms with Crippen LogP contribution in [0, 0.1) is 6.92 Å². The number of aliphatic hydroxyl groups is 1. The summed E-state index contributed by atoms with van der Waals surface area (Å²) in [6, 6.07) is 17.3. The highest BCUT2D eigenvalue weighted by atomic mass is 32.1. The van der Waals surface area contributed by atoms with Crippen molar-refractivity contribution in [2.75, 3.05) is 6.61 Å². The fourth-order valence-electron chi connectivity index (χ4n) is 3.21. The van der Waals surface area contributed by atoms with Gasteiger partial charge in [-0.2, -0.15) is 12.6 Å². The molecule has 6 heteroatoms. The van der Waals surface area contributed by atoms with Crippen molar-refractivity contribution in [2.24, 2.45) is 0 Å². The van der Waals surface area contributed by atoms with Crippen LogP contribution in [0.4, 0.5) is 0 Å². The van der Waals surface area contributed by atoms with E-state index < -0.39 is 36.1 Å². The molecule has 138 valence electrons. The zero-order valence-corrected chi connectivity index (χ0v) is 15.3. The molecular weight excluding hydrogens is 352 g/mol. The molecule has 4 rings (SSSR count). The predicted molar refractivity (Wildman–Crippen MR) is 99.3 cm³/mol. The fourth-order valence-corrected chi connectivity index (χ4v) is 3.51. The minimum absolute atomic E-state index is 0.315. The molecule has 0 aromatic heterocycles. The Labute approximate surface area is 158 Å². The molecule has 0 saturated carbocycles. The average molecular weight is 374 g/mol. The monoisotopic (exact) mass is 374 g/mol. The molecule has 2 fully saturated rings. The largest absolute Gasteiger partial charge is 0.464 e. The molecule has 2 unspecified atom stereocenters. The number of hydrogen-bond acceptors (Lipinski definition) is 6. The maximum absolute atomic E-state index is 10.7. The summed E-state index contributed by atoms with van der Waals surface area (Å²) >= 11 is 4.51. The van der Waals surface area contributed by atoms with Gasteiger partial charge in [-0.3, -0.25) is 0 Å². The molecule has 0 aliphatic carbocycles. The van der Waals surface area contributed by atoms with Gasteiger partial charge in [0.1, 0.15) is 24.1 Å². The molecule has 2 heterocycles. The SMILES string of the molecule is Cc1ccc(OC2O[C@@H]3COC(c4ccccc4)O[C@@H]3[C@H](O)[C@H]2S)cc1. The number of aliphatic hydroxyl groups excluding tert-OH is 1. The van der Waals surface area contributed by atoms with Gasteiger partial charge in [-0.1, -0.05) is 48.0 Å². The average Bonchev–Trinajstić information content (AvgIpc) is 2.68. The molecule has 0 spiro atoms. The molecule has 6 atom stereocenters. The molecule has 1 N–H and O–H groups in total. The number of hydrogen-bond donors (Lipinski definition) is 2. The fraction of sp³-hybridized carbons (Fsp3) is 0.400. The number of aryl methyl sites for hydroxylation is 1. The van der Waals surface area contributed by atoms with Crippen LogP contribution in [0.5, 0.6) is 5.75 Å². The van der Waals surface area contributed by atoms with Gasteiger partial charge in [-0.15, -0.1) is 0 Å². The third-order valence-electron chi connectivity index (χ3n) is 4.68. The summed E-state index contributed by atoms with van der Waals surface area (Å²) in [5.41, 5.74) is 2.05. The van der Waals surface area contributed by atoms with E-state index >= 15 is 0 Å². The summed E-state index contributed by atoms with van der Waals surface area (Å²) in [7, 11) is 0. The van der Waals surface area contributed by atoms with Gasteiger partial charge in [0, 0.05) is 5.56 Å². The number of rotatable bonds is 3. The minimum Gasteiger partial charge on any atom is -0.464 e. The van der Waals surface area contributed by atoms with Crippen molar-refractivity contribution in [1.29, 1.82) is 0 Å². The Hall–Kier alpha value is -1.57. The lowest BCUT2D eigenvalue weighted by atomic mass is 9.99. The van der Waals surface area contributed by atoms with E-state index in [-0.39, 0.29) is 0 Å². The normalized spacial score (nSPS) is 34.1. The molecule has 2 aliphatic rings. The van der Waals surface area contributed by atoms with Gasteiger partial charge in [-0.25, -0.2) is 0 Å². The van der Waals surface area contributed by atoms with E-state index in [4.69, 9.17) is 18.9 Å². The van der Waals surface area contributed by atoms with Gasteiger partial charge in [0.05, 0.1) is 11.9 Å². The van der Waals surface area contributed by atoms with E-state index in [0.717, 1.165) is 11.1 Å². The lowest BCUT2D eigenvalue weighted by molar-refractivity contribution is -0.325. The van der Waals surface area contributed by atoms with Crippen LogP contribution >= 0.6 is 12.6 Å². The topological polar surface area (TPSA) is 57.2 Å². The van der Waals surface area contributed by atoms with E-state index in [1.807, 2.05) is 61.5 Å². The van der Waals surface area contributed by atoms with Crippen molar-refractivity contribution in [2.45, 2.75) is 43.1 Å². The number of thiol groups is 1. The molecule has 0 bridgehead atoms. The summed E-state index contributed by atoms with van der Waals surface area (Å²) in [6.45, 7) is 2.33.